The van der Waals surface area contributed by atoms with Crippen molar-refractivity contribution >= 4 is 10.8 Å². The fraction of sp³-hybridized carbons (Fsp3) is 0.667. The average Bonchev–Trinajstić information content (AvgIpc) is 2.58. The quantitative estimate of drug-likeness (QED) is 0.693. The van der Waals surface area contributed by atoms with Crippen LogP contribution in [0.1, 0.15) is 12.7 Å². The largest absolute Gasteiger partial charge is 0.337 e. The number of hydrogen-bond acceptors (Lipinski definition) is 3. The van der Waals surface area contributed by atoms with Gasteiger partial charge < -0.3 is 9.88 Å². The van der Waals surface area contributed by atoms with E-state index in [-0.39, 0.29) is 0 Å². The number of rotatable bonds is 6. The molecule has 0 amide bonds. The highest BCUT2D eigenvalue weighted by molar-refractivity contribution is 7.84. The molecule has 1 heterocycles. The Morgan fingerprint density at radius 3 is 3.00 bits per heavy atom. The fourth-order valence-corrected chi connectivity index (χ4v) is 1.76. The van der Waals surface area contributed by atoms with E-state index in [1.807, 2.05) is 24.7 Å². The van der Waals surface area contributed by atoms with E-state index in [9.17, 15) is 4.21 Å². The van der Waals surface area contributed by atoms with Gasteiger partial charge in [-0.25, -0.2) is 4.98 Å². The topological polar surface area (TPSA) is 46.9 Å². The van der Waals surface area contributed by atoms with Gasteiger partial charge in [0.25, 0.3) is 0 Å². The number of nitrogens with zero attached hydrogens (tertiary/aromatic N) is 2. The zero-order chi connectivity index (χ0) is 10.4. The van der Waals surface area contributed by atoms with E-state index < -0.39 is 10.8 Å². The number of hydrogen-bond donors (Lipinski definition) is 1. The molecule has 1 aromatic rings. The molecule has 14 heavy (non-hydrogen) atoms. The molecule has 1 N–H and O–H groups in total. The molecule has 0 saturated heterocycles. The standard InChI is InChI=1S/C9H17N3OS/c1-3-14(13)7-5-10-8-9-11-4-6-12(9)2/h4,6,10H,3,5,7-8H2,1-2H3. The average molecular weight is 215 g/mol. The first-order chi connectivity index (χ1) is 6.74. The lowest BCUT2D eigenvalue weighted by atomic mass is 10.5. The molecule has 0 aliphatic carbocycles. The Hall–Kier alpha value is -0.680. The third-order valence-corrected chi connectivity index (χ3v) is 3.34. The molecular weight excluding hydrogens is 198 g/mol. The van der Waals surface area contributed by atoms with Crippen molar-refractivity contribution in [3.05, 3.63) is 18.2 Å². The Labute approximate surface area is 87.2 Å². The molecule has 0 spiro atoms. The molecule has 80 valence electrons. The molecule has 0 fully saturated rings. The minimum atomic E-state index is -0.670. The van der Waals surface area contributed by atoms with Crippen LogP contribution in [0, 0.1) is 0 Å². The van der Waals surface area contributed by atoms with Crippen LogP contribution in [0.25, 0.3) is 0 Å². The van der Waals surface area contributed by atoms with Crippen molar-refractivity contribution < 1.29 is 4.21 Å². The summed E-state index contributed by atoms with van der Waals surface area (Å²) in [7, 11) is 1.30. The van der Waals surface area contributed by atoms with Gasteiger partial charge in [0.2, 0.25) is 0 Å². The van der Waals surface area contributed by atoms with Gasteiger partial charge in [0.05, 0.1) is 6.54 Å². The second-order valence-electron chi connectivity index (χ2n) is 3.06. The van der Waals surface area contributed by atoms with Crippen molar-refractivity contribution in [1.82, 2.24) is 14.9 Å². The van der Waals surface area contributed by atoms with E-state index >= 15 is 0 Å². The van der Waals surface area contributed by atoms with Crippen LogP contribution in [-0.4, -0.2) is 31.8 Å². The van der Waals surface area contributed by atoms with Gasteiger partial charge in [0.15, 0.2) is 0 Å². The van der Waals surface area contributed by atoms with E-state index in [1.54, 1.807) is 6.20 Å². The van der Waals surface area contributed by atoms with Crippen molar-refractivity contribution in [2.75, 3.05) is 18.1 Å². The van der Waals surface area contributed by atoms with E-state index in [0.717, 1.165) is 30.4 Å². The molecule has 0 saturated carbocycles. The summed E-state index contributed by atoms with van der Waals surface area (Å²) >= 11 is 0. The molecule has 1 rings (SSSR count). The summed E-state index contributed by atoms with van der Waals surface area (Å²) in [4.78, 5) is 4.18. The summed E-state index contributed by atoms with van der Waals surface area (Å²) in [6, 6.07) is 0. The van der Waals surface area contributed by atoms with Crippen molar-refractivity contribution in [1.29, 1.82) is 0 Å². The zero-order valence-electron chi connectivity index (χ0n) is 8.69. The minimum Gasteiger partial charge on any atom is -0.337 e. The predicted octanol–water partition coefficient (Wildman–Crippen LogP) is 0.278. The summed E-state index contributed by atoms with van der Waals surface area (Å²) in [6.07, 6.45) is 3.70. The first kappa shape index (κ1) is 11.4. The monoisotopic (exact) mass is 215 g/mol. The van der Waals surface area contributed by atoms with Crippen molar-refractivity contribution in [3.63, 3.8) is 0 Å². The van der Waals surface area contributed by atoms with Gasteiger partial charge in [-0.3, -0.25) is 4.21 Å². The van der Waals surface area contributed by atoms with Gasteiger partial charge in [-0.05, 0) is 0 Å². The molecule has 0 aromatic carbocycles. The van der Waals surface area contributed by atoms with Gasteiger partial charge in [-0.15, -0.1) is 0 Å². The highest BCUT2D eigenvalue weighted by Gasteiger charge is 1.99. The van der Waals surface area contributed by atoms with E-state index in [0.29, 0.717) is 0 Å². The van der Waals surface area contributed by atoms with Gasteiger partial charge in [-0.1, -0.05) is 6.92 Å². The Bertz CT molecular complexity index is 298. The summed E-state index contributed by atoms with van der Waals surface area (Å²) < 4.78 is 13.1. The minimum absolute atomic E-state index is 0.670. The molecule has 0 bridgehead atoms. The number of imidazole rings is 1. The summed E-state index contributed by atoms with van der Waals surface area (Å²) in [5.74, 6) is 2.47. The van der Waals surface area contributed by atoms with Gasteiger partial charge in [-0.2, -0.15) is 0 Å². The molecule has 1 aromatic heterocycles. The Balaban J connectivity index is 2.16. The van der Waals surface area contributed by atoms with Crippen LogP contribution in [0.5, 0.6) is 0 Å². The van der Waals surface area contributed by atoms with Gasteiger partial charge in [0, 0.05) is 48.3 Å². The summed E-state index contributed by atoms with van der Waals surface area (Å²) in [5.41, 5.74) is 0. The fourth-order valence-electron chi connectivity index (χ4n) is 1.10. The first-order valence-electron chi connectivity index (χ1n) is 4.76. The van der Waals surface area contributed by atoms with Crippen LogP contribution < -0.4 is 5.32 Å². The van der Waals surface area contributed by atoms with Crippen LogP contribution in [0.3, 0.4) is 0 Å². The lowest BCUT2D eigenvalue weighted by Crippen LogP contribution is -2.22. The number of nitrogens with one attached hydrogen (secondary N) is 1. The van der Waals surface area contributed by atoms with Crippen LogP contribution in [0.2, 0.25) is 0 Å². The third-order valence-electron chi connectivity index (χ3n) is 2.03. The van der Waals surface area contributed by atoms with E-state index in [2.05, 4.69) is 10.3 Å². The maximum absolute atomic E-state index is 11.1. The normalized spacial score (nSPS) is 13.0. The molecule has 0 radical (unpaired) electrons. The summed E-state index contributed by atoms with van der Waals surface area (Å²) in [5, 5.41) is 3.22. The van der Waals surface area contributed by atoms with Crippen molar-refractivity contribution in [3.8, 4) is 0 Å². The molecule has 1 atom stereocenters. The molecule has 4 nitrogen and oxygen atoms in total. The Kier molecular flexibility index (Phi) is 4.82. The first-order valence-corrected chi connectivity index (χ1v) is 6.24. The van der Waals surface area contributed by atoms with Crippen LogP contribution in [0.4, 0.5) is 0 Å². The van der Waals surface area contributed by atoms with Crippen LogP contribution in [-0.2, 0) is 24.4 Å². The SMILES string of the molecule is CCS(=O)CCNCc1nccn1C. The summed E-state index contributed by atoms with van der Waals surface area (Å²) in [6.45, 7) is 3.46. The highest BCUT2D eigenvalue weighted by atomic mass is 32.2. The molecule has 5 heteroatoms. The molecular formula is C9H17N3OS. The number of aryl methyl sites for hydroxylation is 1. The molecule has 0 aliphatic rings. The van der Waals surface area contributed by atoms with Gasteiger partial charge in [0.1, 0.15) is 5.82 Å². The third kappa shape index (κ3) is 3.59. The Morgan fingerprint density at radius 2 is 2.43 bits per heavy atom. The van der Waals surface area contributed by atoms with E-state index in [4.69, 9.17) is 0 Å². The maximum atomic E-state index is 11.1. The van der Waals surface area contributed by atoms with E-state index in [1.165, 1.54) is 0 Å². The second-order valence-corrected chi connectivity index (χ2v) is 4.93. The highest BCUT2D eigenvalue weighted by Crippen LogP contribution is 1.92. The lowest BCUT2D eigenvalue weighted by Gasteiger charge is -2.03. The number of aromatic nitrogens is 2. The van der Waals surface area contributed by atoms with Crippen LogP contribution >= 0.6 is 0 Å². The lowest BCUT2D eigenvalue weighted by molar-refractivity contribution is 0.652. The maximum Gasteiger partial charge on any atom is 0.122 e. The molecule has 0 aliphatic heterocycles. The predicted molar refractivity (Wildman–Crippen MR) is 58.5 cm³/mol. The smallest absolute Gasteiger partial charge is 0.122 e. The van der Waals surface area contributed by atoms with Crippen molar-refractivity contribution in [2.24, 2.45) is 7.05 Å². The Morgan fingerprint density at radius 1 is 1.64 bits per heavy atom. The van der Waals surface area contributed by atoms with Crippen molar-refractivity contribution in [2.45, 2.75) is 13.5 Å². The zero-order valence-corrected chi connectivity index (χ0v) is 9.51. The van der Waals surface area contributed by atoms with Gasteiger partial charge >= 0.3 is 0 Å². The van der Waals surface area contributed by atoms with Crippen LogP contribution in [0.15, 0.2) is 12.4 Å². The second kappa shape index (κ2) is 5.93. The molecule has 1 unspecified atom stereocenters.